The number of carboxylic acid groups (broad SMARTS) is 1. The van der Waals surface area contributed by atoms with Crippen LogP contribution in [0.15, 0.2) is 22.7 Å². The van der Waals surface area contributed by atoms with Crippen LogP contribution in [-0.2, 0) is 16.0 Å². The van der Waals surface area contributed by atoms with Gasteiger partial charge in [-0.25, -0.2) is 4.79 Å². The maximum Gasteiger partial charge on any atom is 0.326 e. The van der Waals surface area contributed by atoms with E-state index in [9.17, 15) is 9.59 Å². The molecule has 2 N–H and O–H groups in total. The Hall–Kier alpha value is -1.56. The SMILES string of the molecule is CCCC(NC(=O)Cc1cc(OC)ccc1Br)C(=O)O. The normalized spacial score (nSPS) is 11.8. The second-order valence-electron chi connectivity index (χ2n) is 4.38. The van der Waals surface area contributed by atoms with Crippen LogP contribution in [0.3, 0.4) is 0 Å². The fraction of sp³-hybridized carbons (Fsp3) is 0.429. The van der Waals surface area contributed by atoms with Gasteiger partial charge in [0.2, 0.25) is 5.91 Å². The van der Waals surface area contributed by atoms with E-state index in [4.69, 9.17) is 9.84 Å². The lowest BCUT2D eigenvalue weighted by molar-refractivity contribution is -0.141. The highest BCUT2D eigenvalue weighted by Crippen LogP contribution is 2.22. The zero-order valence-corrected chi connectivity index (χ0v) is 13.1. The van der Waals surface area contributed by atoms with Crippen LogP contribution < -0.4 is 10.1 Å². The second-order valence-corrected chi connectivity index (χ2v) is 5.24. The third kappa shape index (κ3) is 4.85. The summed E-state index contributed by atoms with van der Waals surface area (Å²) < 4.78 is 5.89. The highest BCUT2D eigenvalue weighted by molar-refractivity contribution is 9.10. The molecule has 20 heavy (non-hydrogen) atoms. The van der Waals surface area contributed by atoms with Crippen molar-refractivity contribution >= 4 is 27.8 Å². The third-order valence-corrected chi connectivity index (χ3v) is 3.59. The number of methoxy groups -OCH3 is 1. The molecule has 1 atom stereocenters. The van der Waals surface area contributed by atoms with Gasteiger partial charge >= 0.3 is 5.97 Å². The lowest BCUT2D eigenvalue weighted by Gasteiger charge is -2.14. The summed E-state index contributed by atoms with van der Waals surface area (Å²) in [6.07, 6.45) is 1.21. The van der Waals surface area contributed by atoms with Crippen molar-refractivity contribution in [1.29, 1.82) is 0 Å². The summed E-state index contributed by atoms with van der Waals surface area (Å²) in [6.45, 7) is 1.88. The summed E-state index contributed by atoms with van der Waals surface area (Å²) in [6, 6.07) is 4.49. The Morgan fingerprint density at radius 1 is 1.45 bits per heavy atom. The number of hydrogen-bond acceptors (Lipinski definition) is 3. The van der Waals surface area contributed by atoms with Crippen LogP contribution >= 0.6 is 15.9 Å². The van der Waals surface area contributed by atoms with E-state index in [2.05, 4.69) is 21.2 Å². The first-order valence-corrected chi connectivity index (χ1v) is 7.11. The topological polar surface area (TPSA) is 75.6 Å². The summed E-state index contributed by atoms with van der Waals surface area (Å²) in [4.78, 5) is 22.9. The van der Waals surface area contributed by atoms with Gasteiger partial charge in [0.25, 0.3) is 0 Å². The molecule has 0 saturated carbocycles. The molecule has 1 amide bonds. The highest BCUT2D eigenvalue weighted by Gasteiger charge is 2.19. The molecule has 0 heterocycles. The summed E-state index contributed by atoms with van der Waals surface area (Å²) in [7, 11) is 1.55. The summed E-state index contributed by atoms with van der Waals surface area (Å²) in [5.41, 5.74) is 0.752. The number of carbonyl (C=O) groups excluding carboxylic acids is 1. The number of hydrogen-bond donors (Lipinski definition) is 2. The Labute approximate surface area is 126 Å². The molecule has 1 unspecified atom stereocenters. The third-order valence-electron chi connectivity index (χ3n) is 2.81. The number of amides is 1. The molecular formula is C14H18BrNO4. The van der Waals surface area contributed by atoms with E-state index in [-0.39, 0.29) is 12.3 Å². The van der Waals surface area contributed by atoms with Crippen LogP contribution in [-0.4, -0.2) is 30.1 Å². The van der Waals surface area contributed by atoms with E-state index >= 15 is 0 Å². The molecule has 0 radical (unpaired) electrons. The van der Waals surface area contributed by atoms with Crippen LogP contribution in [0.25, 0.3) is 0 Å². The Kier molecular flexibility index (Phi) is 6.51. The molecule has 0 bridgehead atoms. The minimum atomic E-state index is -1.01. The molecule has 1 rings (SSSR count). The van der Waals surface area contributed by atoms with Crippen molar-refractivity contribution in [1.82, 2.24) is 5.32 Å². The van der Waals surface area contributed by atoms with E-state index in [0.717, 1.165) is 10.0 Å². The van der Waals surface area contributed by atoms with Gasteiger partial charge in [0, 0.05) is 4.47 Å². The van der Waals surface area contributed by atoms with Crippen molar-refractivity contribution in [2.45, 2.75) is 32.2 Å². The molecule has 1 aromatic rings. The van der Waals surface area contributed by atoms with Crippen molar-refractivity contribution < 1.29 is 19.4 Å². The Bertz CT molecular complexity index is 490. The van der Waals surface area contributed by atoms with Gasteiger partial charge in [-0.15, -0.1) is 0 Å². The van der Waals surface area contributed by atoms with Gasteiger partial charge in [-0.2, -0.15) is 0 Å². The van der Waals surface area contributed by atoms with Crippen LogP contribution in [0.4, 0.5) is 0 Å². The number of rotatable bonds is 7. The first-order chi connectivity index (χ1) is 9.47. The number of aliphatic carboxylic acids is 1. The average Bonchev–Trinajstić information content (AvgIpc) is 2.40. The zero-order valence-electron chi connectivity index (χ0n) is 11.5. The van der Waals surface area contributed by atoms with Gasteiger partial charge in [-0.05, 0) is 30.2 Å². The van der Waals surface area contributed by atoms with Crippen molar-refractivity contribution in [3.8, 4) is 5.75 Å². The fourth-order valence-corrected chi connectivity index (χ4v) is 2.16. The van der Waals surface area contributed by atoms with Gasteiger partial charge in [0.1, 0.15) is 11.8 Å². The van der Waals surface area contributed by atoms with E-state index < -0.39 is 12.0 Å². The predicted molar refractivity (Wildman–Crippen MR) is 78.9 cm³/mol. The minimum absolute atomic E-state index is 0.102. The van der Waals surface area contributed by atoms with Gasteiger partial charge in [-0.3, -0.25) is 4.79 Å². The minimum Gasteiger partial charge on any atom is -0.497 e. The molecule has 0 spiro atoms. The first-order valence-electron chi connectivity index (χ1n) is 6.32. The molecule has 0 fully saturated rings. The maximum atomic E-state index is 11.9. The molecular weight excluding hydrogens is 326 g/mol. The monoisotopic (exact) mass is 343 g/mol. The lowest BCUT2D eigenvalue weighted by atomic mass is 10.1. The number of ether oxygens (including phenoxy) is 1. The van der Waals surface area contributed by atoms with E-state index in [0.29, 0.717) is 18.6 Å². The summed E-state index contributed by atoms with van der Waals surface area (Å²) >= 11 is 3.36. The van der Waals surface area contributed by atoms with Crippen LogP contribution in [0.1, 0.15) is 25.3 Å². The second kappa shape index (κ2) is 7.89. The van der Waals surface area contributed by atoms with Gasteiger partial charge < -0.3 is 15.2 Å². The molecule has 0 aliphatic heterocycles. The quantitative estimate of drug-likeness (QED) is 0.796. The van der Waals surface area contributed by atoms with E-state index in [1.807, 2.05) is 6.92 Å². The molecule has 6 heteroatoms. The van der Waals surface area contributed by atoms with Gasteiger partial charge in [-0.1, -0.05) is 29.3 Å². The highest BCUT2D eigenvalue weighted by atomic mass is 79.9. The Morgan fingerprint density at radius 3 is 2.70 bits per heavy atom. The number of nitrogens with one attached hydrogen (secondary N) is 1. The molecule has 0 saturated heterocycles. The van der Waals surface area contributed by atoms with Crippen LogP contribution in [0.2, 0.25) is 0 Å². The molecule has 0 aliphatic rings. The maximum absolute atomic E-state index is 11.9. The van der Waals surface area contributed by atoms with Crippen molar-refractivity contribution in [3.05, 3.63) is 28.2 Å². The predicted octanol–water partition coefficient (Wildman–Crippen LogP) is 2.37. The van der Waals surface area contributed by atoms with Crippen molar-refractivity contribution in [3.63, 3.8) is 0 Å². The van der Waals surface area contributed by atoms with E-state index in [1.54, 1.807) is 25.3 Å². The Balaban J connectivity index is 2.72. The number of halogens is 1. The molecule has 5 nitrogen and oxygen atoms in total. The smallest absolute Gasteiger partial charge is 0.326 e. The average molecular weight is 344 g/mol. The molecule has 110 valence electrons. The fourth-order valence-electron chi connectivity index (χ4n) is 1.78. The lowest BCUT2D eigenvalue weighted by Crippen LogP contribution is -2.41. The molecule has 0 aromatic heterocycles. The number of benzene rings is 1. The molecule has 1 aromatic carbocycles. The van der Waals surface area contributed by atoms with Crippen molar-refractivity contribution in [2.24, 2.45) is 0 Å². The van der Waals surface area contributed by atoms with Crippen LogP contribution in [0, 0.1) is 0 Å². The largest absolute Gasteiger partial charge is 0.497 e. The van der Waals surface area contributed by atoms with Gasteiger partial charge in [0.15, 0.2) is 0 Å². The molecule has 0 aliphatic carbocycles. The number of carbonyl (C=O) groups is 2. The summed E-state index contributed by atoms with van der Waals surface area (Å²) in [5.74, 6) is -0.677. The first kappa shape index (κ1) is 16.5. The Morgan fingerprint density at radius 2 is 2.15 bits per heavy atom. The van der Waals surface area contributed by atoms with Crippen LogP contribution in [0.5, 0.6) is 5.75 Å². The van der Waals surface area contributed by atoms with E-state index in [1.165, 1.54) is 0 Å². The summed E-state index contributed by atoms with van der Waals surface area (Å²) in [5, 5.41) is 11.5. The van der Waals surface area contributed by atoms with Gasteiger partial charge in [0.05, 0.1) is 13.5 Å². The zero-order chi connectivity index (χ0) is 15.1. The van der Waals surface area contributed by atoms with Crippen molar-refractivity contribution in [2.75, 3.05) is 7.11 Å². The number of carboxylic acids is 1. The standard InChI is InChI=1S/C14H18BrNO4/c1-3-4-12(14(18)19)16-13(17)8-9-7-10(20-2)5-6-11(9)15/h5-7,12H,3-4,8H2,1-2H3,(H,16,17)(H,18,19).